The maximum absolute atomic E-state index is 12.6. The third-order valence-corrected chi connectivity index (χ3v) is 5.49. The molecule has 0 bridgehead atoms. The summed E-state index contributed by atoms with van der Waals surface area (Å²) in [5.74, 6) is -0.736. The van der Waals surface area contributed by atoms with Crippen molar-refractivity contribution in [3.63, 3.8) is 0 Å². The van der Waals surface area contributed by atoms with Gasteiger partial charge in [-0.05, 0) is 51.8 Å². The molecule has 0 spiro atoms. The molecule has 1 aliphatic rings. The summed E-state index contributed by atoms with van der Waals surface area (Å²) in [6.45, 7) is 3.81. The number of rotatable bonds is 4. The minimum Gasteiger partial charge on any atom is -0.478 e. The minimum absolute atomic E-state index is 0. The standard InChI is InChI=1S/C19H23F3N2O2.ClH/c1-12(14-7-9-23(10-8-14)11-19(20,21)22)24-13(2)17(18(25)26)15-5-3-4-6-16(15)24;/h3-6,12,14H,7-11H2,1-2H3,(H,25,26);1H/t12-;/m1./s1. The van der Waals surface area contributed by atoms with Gasteiger partial charge in [0.1, 0.15) is 0 Å². The lowest BCUT2D eigenvalue weighted by Crippen LogP contribution is -2.41. The first-order valence-electron chi connectivity index (χ1n) is 8.81. The average Bonchev–Trinajstić information content (AvgIpc) is 2.85. The number of fused-ring (bicyclic) bond motifs is 1. The second-order valence-electron chi connectivity index (χ2n) is 7.12. The van der Waals surface area contributed by atoms with Crippen molar-refractivity contribution in [3.05, 3.63) is 35.5 Å². The van der Waals surface area contributed by atoms with Crippen LogP contribution in [0.15, 0.2) is 24.3 Å². The number of carboxylic acid groups (broad SMARTS) is 1. The molecule has 1 N–H and O–H groups in total. The normalized spacial score (nSPS) is 17.7. The molecule has 1 saturated heterocycles. The SMILES string of the molecule is Cc1c(C(=O)O)c2ccccc2n1[C@H](C)C1CCN(CC(F)(F)F)CC1.Cl. The second-order valence-corrected chi connectivity index (χ2v) is 7.12. The lowest BCUT2D eigenvalue weighted by Gasteiger charge is -2.36. The number of benzene rings is 1. The lowest BCUT2D eigenvalue weighted by molar-refractivity contribution is -0.149. The van der Waals surface area contributed by atoms with Crippen molar-refractivity contribution in [2.75, 3.05) is 19.6 Å². The largest absolute Gasteiger partial charge is 0.478 e. The van der Waals surface area contributed by atoms with Crippen LogP contribution in [-0.2, 0) is 0 Å². The molecule has 1 aromatic heterocycles. The Kier molecular flexibility index (Phi) is 6.47. The molecule has 0 saturated carbocycles. The van der Waals surface area contributed by atoms with Crippen LogP contribution in [0.5, 0.6) is 0 Å². The van der Waals surface area contributed by atoms with E-state index in [1.54, 1.807) is 13.0 Å². The van der Waals surface area contributed by atoms with Crippen LogP contribution >= 0.6 is 12.4 Å². The molecule has 0 aliphatic carbocycles. The van der Waals surface area contributed by atoms with Crippen molar-refractivity contribution in [1.82, 2.24) is 9.47 Å². The number of carbonyl (C=O) groups is 1. The Morgan fingerprint density at radius 3 is 2.41 bits per heavy atom. The highest BCUT2D eigenvalue weighted by atomic mass is 35.5. The number of alkyl halides is 3. The zero-order valence-electron chi connectivity index (χ0n) is 15.3. The van der Waals surface area contributed by atoms with Gasteiger partial charge in [0, 0.05) is 22.6 Å². The Labute approximate surface area is 162 Å². The van der Waals surface area contributed by atoms with Gasteiger partial charge in [-0.2, -0.15) is 13.2 Å². The van der Waals surface area contributed by atoms with Crippen LogP contribution in [0.25, 0.3) is 10.9 Å². The van der Waals surface area contributed by atoms with Gasteiger partial charge in [-0.15, -0.1) is 12.4 Å². The number of nitrogens with zero attached hydrogens (tertiary/aromatic N) is 2. The molecular weight excluding hydrogens is 381 g/mol. The number of hydrogen-bond donors (Lipinski definition) is 1. The molecule has 1 atom stereocenters. The molecule has 1 aliphatic heterocycles. The predicted octanol–water partition coefficient (Wildman–Crippen LogP) is 4.91. The van der Waals surface area contributed by atoms with E-state index < -0.39 is 18.7 Å². The first-order chi connectivity index (χ1) is 12.2. The number of para-hydroxylation sites is 1. The summed E-state index contributed by atoms with van der Waals surface area (Å²) in [7, 11) is 0. The summed E-state index contributed by atoms with van der Waals surface area (Å²) >= 11 is 0. The van der Waals surface area contributed by atoms with E-state index in [4.69, 9.17) is 0 Å². The number of likely N-dealkylation sites (tertiary alicyclic amines) is 1. The molecular formula is C19H24ClF3N2O2. The Balaban J connectivity index is 0.00000261. The zero-order valence-corrected chi connectivity index (χ0v) is 16.1. The summed E-state index contributed by atoms with van der Waals surface area (Å²) in [6.07, 6.45) is -2.82. The van der Waals surface area contributed by atoms with E-state index in [0.717, 1.165) is 5.52 Å². The maximum Gasteiger partial charge on any atom is 0.401 e. The Bertz CT molecular complexity index is 811. The molecule has 3 rings (SSSR count). The number of hydrogen-bond acceptors (Lipinski definition) is 2. The van der Waals surface area contributed by atoms with E-state index in [1.165, 1.54) is 4.90 Å². The van der Waals surface area contributed by atoms with Crippen molar-refractivity contribution < 1.29 is 23.1 Å². The average molecular weight is 405 g/mol. The van der Waals surface area contributed by atoms with Gasteiger partial charge in [-0.25, -0.2) is 4.79 Å². The Hall–Kier alpha value is -1.73. The second kappa shape index (κ2) is 8.10. The van der Waals surface area contributed by atoms with Crippen LogP contribution in [0.2, 0.25) is 0 Å². The zero-order chi connectivity index (χ0) is 19.1. The van der Waals surface area contributed by atoms with Crippen molar-refractivity contribution in [2.45, 2.75) is 38.9 Å². The fourth-order valence-corrected chi connectivity index (χ4v) is 4.24. The maximum atomic E-state index is 12.6. The fraction of sp³-hybridized carbons (Fsp3) is 0.526. The highest BCUT2D eigenvalue weighted by Gasteiger charge is 2.34. The third-order valence-electron chi connectivity index (χ3n) is 5.49. The Morgan fingerprint density at radius 1 is 1.26 bits per heavy atom. The van der Waals surface area contributed by atoms with Crippen molar-refractivity contribution >= 4 is 29.3 Å². The van der Waals surface area contributed by atoms with Gasteiger partial charge in [0.25, 0.3) is 0 Å². The molecule has 2 aromatic rings. The van der Waals surface area contributed by atoms with Gasteiger partial charge in [0.15, 0.2) is 0 Å². The van der Waals surface area contributed by atoms with Gasteiger partial charge < -0.3 is 9.67 Å². The summed E-state index contributed by atoms with van der Waals surface area (Å²) in [4.78, 5) is 13.1. The van der Waals surface area contributed by atoms with E-state index in [2.05, 4.69) is 0 Å². The quantitative estimate of drug-likeness (QED) is 0.787. The molecule has 150 valence electrons. The molecule has 2 heterocycles. The molecule has 0 radical (unpaired) electrons. The van der Waals surface area contributed by atoms with Crippen molar-refractivity contribution in [2.24, 2.45) is 5.92 Å². The monoisotopic (exact) mass is 404 g/mol. The molecule has 1 aromatic carbocycles. The van der Waals surface area contributed by atoms with Crippen molar-refractivity contribution in [1.29, 1.82) is 0 Å². The van der Waals surface area contributed by atoms with Gasteiger partial charge in [-0.3, -0.25) is 4.90 Å². The summed E-state index contributed by atoms with van der Waals surface area (Å²) in [5.41, 5.74) is 1.87. The van der Waals surface area contributed by atoms with Crippen LogP contribution in [0.3, 0.4) is 0 Å². The van der Waals surface area contributed by atoms with Gasteiger partial charge in [0.2, 0.25) is 0 Å². The van der Waals surface area contributed by atoms with Gasteiger partial charge in [0.05, 0.1) is 12.1 Å². The Morgan fingerprint density at radius 2 is 1.85 bits per heavy atom. The highest BCUT2D eigenvalue weighted by Crippen LogP contribution is 2.36. The van der Waals surface area contributed by atoms with Gasteiger partial charge in [-0.1, -0.05) is 18.2 Å². The van der Waals surface area contributed by atoms with E-state index in [-0.39, 0.29) is 24.4 Å². The lowest BCUT2D eigenvalue weighted by atomic mass is 9.90. The molecule has 4 nitrogen and oxygen atoms in total. The number of piperidine rings is 1. The molecule has 1 fully saturated rings. The third kappa shape index (κ3) is 4.41. The van der Waals surface area contributed by atoms with E-state index >= 15 is 0 Å². The first-order valence-corrected chi connectivity index (χ1v) is 8.81. The topological polar surface area (TPSA) is 45.5 Å². The number of halogens is 4. The van der Waals surface area contributed by atoms with Crippen LogP contribution < -0.4 is 0 Å². The van der Waals surface area contributed by atoms with Crippen LogP contribution in [0.4, 0.5) is 13.2 Å². The molecule has 0 unspecified atom stereocenters. The highest BCUT2D eigenvalue weighted by molar-refractivity contribution is 6.05. The fourth-order valence-electron chi connectivity index (χ4n) is 4.24. The number of aromatic carboxylic acids is 1. The van der Waals surface area contributed by atoms with Crippen LogP contribution in [-0.4, -0.2) is 46.4 Å². The van der Waals surface area contributed by atoms with E-state index in [0.29, 0.717) is 42.6 Å². The number of carboxylic acids is 1. The minimum atomic E-state index is -4.16. The van der Waals surface area contributed by atoms with Gasteiger partial charge >= 0.3 is 12.1 Å². The van der Waals surface area contributed by atoms with Crippen molar-refractivity contribution in [3.8, 4) is 0 Å². The summed E-state index contributed by atoms with van der Waals surface area (Å²) in [5, 5.41) is 10.3. The smallest absolute Gasteiger partial charge is 0.401 e. The molecule has 27 heavy (non-hydrogen) atoms. The van der Waals surface area contributed by atoms with E-state index in [9.17, 15) is 23.1 Å². The van der Waals surface area contributed by atoms with E-state index in [1.807, 2.05) is 29.7 Å². The summed E-state index contributed by atoms with van der Waals surface area (Å²) < 4.78 is 39.7. The predicted molar refractivity (Wildman–Crippen MR) is 101 cm³/mol. The number of aromatic nitrogens is 1. The molecule has 8 heteroatoms. The van der Waals surface area contributed by atoms with Crippen LogP contribution in [0, 0.1) is 12.8 Å². The molecule has 0 amide bonds. The first kappa shape index (κ1) is 21.6. The summed E-state index contributed by atoms with van der Waals surface area (Å²) in [6, 6.07) is 7.44. The van der Waals surface area contributed by atoms with Crippen LogP contribution in [0.1, 0.15) is 41.9 Å².